The molecular formula is C16H22N2O3. The average molecular weight is 290 g/mol. The van der Waals surface area contributed by atoms with Gasteiger partial charge in [-0.1, -0.05) is 12.1 Å². The van der Waals surface area contributed by atoms with Crippen molar-refractivity contribution >= 4 is 6.03 Å². The van der Waals surface area contributed by atoms with Gasteiger partial charge >= 0.3 is 6.03 Å². The van der Waals surface area contributed by atoms with Gasteiger partial charge in [0, 0.05) is 12.6 Å². The van der Waals surface area contributed by atoms with Crippen LogP contribution in [-0.4, -0.2) is 42.3 Å². The number of ether oxygens (including phenoxy) is 1. The lowest BCUT2D eigenvalue weighted by Crippen LogP contribution is -2.43. The van der Waals surface area contributed by atoms with E-state index in [1.807, 2.05) is 12.1 Å². The highest BCUT2D eigenvalue weighted by Crippen LogP contribution is 2.37. The summed E-state index contributed by atoms with van der Waals surface area (Å²) in [5.41, 5.74) is 2.35. The zero-order chi connectivity index (χ0) is 14.8. The topological polar surface area (TPSA) is 61.8 Å². The minimum atomic E-state index is -0.0628. The molecule has 0 aliphatic heterocycles. The fourth-order valence-corrected chi connectivity index (χ4v) is 3.14. The first-order valence-corrected chi connectivity index (χ1v) is 7.58. The number of nitrogens with zero attached hydrogens (tertiary/aromatic N) is 1. The Bertz CT molecular complexity index is 528. The summed E-state index contributed by atoms with van der Waals surface area (Å²) < 4.78 is 5.39. The summed E-state index contributed by atoms with van der Waals surface area (Å²) in [6, 6.07) is 6.28. The van der Waals surface area contributed by atoms with Crippen molar-refractivity contribution in [3.05, 3.63) is 29.3 Å². The molecule has 5 heteroatoms. The van der Waals surface area contributed by atoms with Crippen molar-refractivity contribution < 1.29 is 14.6 Å². The monoisotopic (exact) mass is 290 g/mol. The number of carbonyl (C=O) groups excluding carboxylic acids is 1. The first kappa shape index (κ1) is 14.2. The average Bonchev–Trinajstić information content (AvgIpc) is 3.26. The number of urea groups is 1. The summed E-state index contributed by atoms with van der Waals surface area (Å²) in [7, 11) is 1.68. The second kappa shape index (κ2) is 5.93. The molecule has 0 saturated heterocycles. The van der Waals surface area contributed by atoms with E-state index in [-0.39, 0.29) is 18.7 Å². The molecule has 1 atom stereocenters. The predicted molar refractivity (Wildman–Crippen MR) is 79.4 cm³/mol. The SMILES string of the molecule is COc1cccc2c1CCC2NC(=O)N(CCO)C1CC1. The fraction of sp³-hybridized carbons (Fsp3) is 0.562. The van der Waals surface area contributed by atoms with E-state index in [1.54, 1.807) is 12.0 Å². The van der Waals surface area contributed by atoms with Gasteiger partial charge in [0.2, 0.25) is 0 Å². The molecule has 2 aliphatic carbocycles. The van der Waals surface area contributed by atoms with Gasteiger partial charge in [-0.15, -0.1) is 0 Å². The smallest absolute Gasteiger partial charge is 0.318 e. The number of rotatable bonds is 5. The molecule has 114 valence electrons. The van der Waals surface area contributed by atoms with E-state index in [4.69, 9.17) is 9.84 Å². The molecule has 5 nitrogen and oxygen atoms in total. The van der Waals surface area contributed by atoms with Crippen LogP contribution in [0.1, 0.15) is 36.4 Å². The van der Waals surface area contributed by atoms with E-state index in [0.717, 1.165) is 37.0 Å². The van der Waals surface area contributed by atoms with Crippen LogP contribution < -0.4 is 10.1 Å². The summed E-state index contributed by atoms with van der Waals surface area (Å²) in [5, 5.41) is 12.2. The maximum atomic E-state index is 12.4. The maximum Gasteiger partial charge on any atom is 0.318 e. The third kappa shape index (κ3) is 2.83. The zero-order valence-electron chi connectivity index (χ0n) is 12.3. The predicted octanol–water partition coefficient (Wildman–Crippen LogP) is 1.85. The Hall–Kier alpha value is -1.75. The summed E-state index contributed by atoms with van der Waals surface area (Å²) in [5.74, 6) is 0.902. The summed E-state index contributed by atoms with van der Waals surface area (Å²) >= 11 is 0. The minimum absolute atomic E-state index is 0.0129. The molecule has 0 bridgehead atoms. The Morgan fingerprint density at radius 1 is 1.43 bits per heavy atom. The number of nitrogens with one attached hydrogen (secondary N) is 1. The van der Waals surface area contributed by atoms with Crippen molar-refractivity contribution in [3.8, 4) is 5.75 Å². The van der Waals surface area contributed by atoms with Crippen LogP contribution >= 0.6 is 0 Å². The van der Waals surface area contributed by atoms with Crippen LogP contribution in [0.25, 0.3) is 0 Å². The molecule has 1 aromatic rings. The standard InChI is InChI=1S/C16H22N2O3/c1-21-15-4-2-3-12-13(15)7-8-14(12)17-16(20)18(9-10-19)11-5-6-11/h2-4,11,14,19H,5-10H2,1H3,(H,17,20). The normalized spacial score (nSPS) is 20.0. The van der Waals surface area contributed by atoms with E-state index < -0.39 is 0 Å². The minimum Gasteiger partial charge on any atom is -0.496 e. The number of carbonyl (C=O) groups is 1. The fourth-order valence-electron chi connectivity index (χ4n) is 3.14. The zero-order valence-corrected chi connectivity index (χ0v) is 12.3. The number of hydrogen-bond donors (Lipinski definition) is 2. The molecule has 2 amide bonds. The lowest BCUT2D eigenvalue weighted by Gasteiger charge is -2.24. The molecule has 2 N–H and O–H groups in total. The Kier molecular flexibility index (Phi) is 4.01. The molecule has 1 saturated carbocycles. The number of aliphatic hydroxyl groups excluding tert-OH is 1. The first-order chi connectivity index (χ1) is 10.2. The van der Waals surface area contributed by atoms with Gasteiger partial charge in [0.25, 0.3) is 0 Å². The van der Waals surface area contributed by atoms with Gasteiger partial charge in [-0.25, -0.2) is 4.79 Å². The van der Waals surface area contributed by atoms with E-state index in [9.17, 15) is 4.79 Å². The van der Waals surface area contributed by atoms with E-state index in [1.165, 1.54) is 5.56 Å². The van der Waals surface area contributed by atoms with Crippen molar-refractivity contribution in [2.24, 2.45) is 0 Å². The number of fused-ring (bicyclic) bond motifs is 1. The maximum absolute atomic E-state index is 12.4. The number of benzene rings is 1. The summed E-state index contributed by atoms with van der Waals surface area (Å²) in [4.78, 5) is 14.2. The van der Waals surface area contributed by atoms with Gasteiger partial charge in [0.05, 0.1) is 19.8 Å². The van der Waals surface area contributed by atoms with Crippen LogP contribution in [0.2, 0.25) is 0 Å². The van der Waals surface area contributed by atoms with Gasteiger partial charge in [-0.2, -0.15) is 0 Å². The highest BCUT2D eigenvalue weighted by Gasteiger charge is 2.34. The second-order valence-electron chi connectivity index (χ2n) is 5.72. The molecule has 21 heavy (non-hydrogen) atoms. The van der Waals surface area contributed by atoms with E-state index in [0.29, 0.717) is 12.6 Å². The van der Waals surface area contributed by atoms with E-state index in [2.05, 4.69) is 11.4 Å². The van der Waals surface area contributed by atoms with E-state index >= 15 is 0 Å². The molecule has 0 spiro atoms. The largest absolute Gasteiger partial charge is 0.496 e. The first-order valence-electron chi connectivity index (χ1n) is 7.58. The van der Waals surface area contributed by atoms with Crippen molar-refractivity contribution in [3.63, 3.8) is 0 Å². The van der Waals surface area contributed by atoms with Gasteiger partial charge in [0.15, 0.2) is 0 Å². The van der Waals surface area contributed by atoms with Crippen molar-refractivity contribution in [1.29, 1.82) is 0 Å². The third-order valence-corrected chi connectivity index (χ3v) is 4.33. The Labute approximate surface area is 124 Å². The lowest BCUT2D eigenvalue weighted by atomic mass is 10.1. The van der Waals surface area contributed by atoms with Crippen LogP contribution in [0.3, 0.4) is 0 Å². The van der Waals surface area contributed by atoms with Gasteiger partial charge < -0.3 is 20.1 Å². The van der Waals surface area contributed by atoms with Gasteiger partial charge in [-0.3, -0.25) is 0 Å². The summed E-state index contributed by atoms with van der Waals surface area (Å²) in [6.45, 7) is 0.424. The van der Waals surface area contributed by atoms with Gasteiger partial charge in [0.1, 0.15) is 5.75 Å². The van der Waals surface area contributed by atoms with Crippen molar-refractivity contribution in [1.82, 2.24) is 10.2 Å². The highest BCUT2D eigenvalue weighted by atomic mass is 16.5. The van der Waals surface area contributed by atoms with Crippen LogP contribution in [0.15, 0.2) is 18.2 Å². The van der Waals surface area contributed by atoms with Crippen molar-refractivity contribution in [2.75, 3.05) is 20.3 Å². The molecule has 3 rings (SSSR count). The Balaban J connectivity index is 1.71. The quantitative estimate of drug-likeness (QED) is 0.870. The molecule has 1 aromatic carbocycles. The number of amides is 2. The molecule has 0 aromatic heterocycles. The molecule has 1 fully saturated rings. The Morgan fingerprint density at radius 2 is 2.24 bits per heavy atom. The summed E-state index contributed by atoms with van der Waals surface area (Å²) in [6.07, 6.45) is 3.91. The molecular weight excluding hydrogens is 268 g/mol. The Morgan fingerprint density at radius 3 is 2.90 bits per heavy atom. The van der Waals surface area contributed by atoms with Crippen LogP contribution in [0.4, 0.5) is 4.79 Å². The second-order valence-corrected chi connectivity index (χ2v) is 5.72. The van der Waals surface area contributed by atoms with Crippen LogP contribution in [-0.2, 0) is 6.42 Å². The van der Waals surface area contributed by atoms with Gasteiger partial charge in [-0.05, 0) is 42.9 Å². The molecule has 2 aliphatic rings. The number of methoxy groups -OCH3 is 1. The number of aliphatic hydroxyl groups is 1. The molecule has 1 unspecified atom stereocenters. The third-order valence-electron chi connectivity index (χ3n) is 4.33. The lowest BCUT2D eigenvalue weighted by molar-refractivity contribution is 0.170. The number of hydrogen-bond acceptors (Lipinski definition) is 3. The molecule has 0 heterocycles. The van der Waals surface area contributed by atoms with Crippen molar-refractivity contribution in [2.45, 2.75) is 37.8 Å². The van der Waals surface area contributed by atoms with Crippen LogP contribution in [0, 0.1) is 0 Å². The molecule has 0 radical (unpaired) electrons. The highest BCUT2D eigenvalue weighted by molar-refractivity contribution is 5.75. The van der Waals surface area contributed by atoms with Crippen LogP contribution in [0.5, 0.6) is 5.75 Å².